The van der Waals surface area contributed by atoms with Crippen molar-refractivity contribution >= 4 is 39.3 Å². The molecule has 0 saturated carbocycles. The van der Waals surface area contributed by atoms with E-state index in [-0.39, 0.29) is 0 Å². The third kappa shape index (κ3) is 24.4. The molecule has 8 heteroatoms. The maximum absolute atomic E-state index is 5.86. The smallest absolute Gasteiger partial charge is 0.303 e. The summed E-state index contributed by atoms with van der Waals surface area (Å²) < 4.78 is 22.7. The van der Waals surface area contributed by atoms with Crippen LogP contribution in [0.5, 0.6) is 0 Å². The Kier molecular flexibility index (Phi) is 27.2. The summed E-state index contributed by atoms with van der Waals surface area (Å²) in [6, 6.07) is 1.16. The third-order valence-electron chi connectivity index (χ3n) is 7.13. The van der Waals surface area contributed by atoms with Crippen molar-refractivity contribution in [2.45, 2.75) is 167 Å². The highest BCUT2D eigenvalue weighted by Gasteiger charge is 2.15. The van der Waals surface area contributed by atoms with Crippen LogP contribution < -0.4 is 0 Å². The molecule has 0 aromatic carbocycles. The molecule has 0 bridgehead atoms. The van der Waals surface area contributed by atoms with Crippen LogP contribution in [0.25, 0.3) is 0 Å². The Bertz CT molecular complexity index is 386. The van der Waals surface area contributed by atoms with Gasteiger partial charge in [-0.3, -0.25) is 0 Å². The maximum atomic E-state index is 5.86. The van der Waals surface area contributed by atoms with E-state index in [1.807, 2.05) is 0 Å². The SMILES string of the molecule is CCCCCCCCCCCCCCCCCCCCCCCCCC[SiH]1O[SiH2]O[SiH2]O[SiH2]O1. The van der Waals surface area contributed by atoms with Gasteiger partial charge in [-0.1, -0.05) is 161 Å². The van der Waals surface area contributed by atoms with Gasteiger partial charge in [0.25, 0.3) is 30.0 Å². The minimum atomic E-state index is -1.41. The van der Waals surface area contributed by atoms with Gasteiger partial charge >= 0.3 is 9.28 Å². The van der Waals surface area contributed by atoms with Crippen molar-refractivity contribution in [1.82, 2.24) is 0 Å². The minimum absolute atomic E-state index is 0.730. The summed E-state index contributed by atoms with van der Waals surface area (Å²) in [4.78, 5) is 0. The molecule has 0 amide bonds. The molecule has 1 rings (SSSR count). The van der Waals surface area contributed by atoms with Crippen LogP contribution in [0.1, 0.15) is 161 Å². The van der Waals surface area contributed by atoms with Crippen LogP contribution in [0.4, 0.5) is 0 Å². The molecule has 0 spiro atoms. The molecule has 34 heavy (non-hydrogen) atoms. The van der Waals surface area contributed by atoms with E-state index in [9.17, 15) is 0 Å². The first kappa shape index (κ1) is 32.7. The lowest BCUT2D eigenvalue weighted by Gasteiger charge is -2.20. The van der Waals surface area contributed by atoms with Gasteiger partial charge in [-0.25, -0.2) is 0 Å². The Labute approximate surface area is 222 Å². The molecule has 204 valence electrons. The Balaban J connectivity index is 1.65. The molecule has 0 aromatic heterocycles. The molecule has 0 aromatic rings. The summed E-state index contributed by atoms with van der Waals surface area (Å²) in [5.74, 6) is 0. The van der Waals surface area contributed by atoms with E-state index in [0.29, 0.717) is 0 Å². The minimum Gasteiger partial charge on any atom is -0.425 e. The number of hydrogen-bond donors (Lipinski definition) is 0. The van der Waals surface area contributed by atoms with Gasteiger partial charge < -0.3 is 16.5 Å². The van der Waals surface area contributed by atoms with Crippen molar-refractivity contribution in [2.75, 3.05) is 0 Å². The van der Waals surface area contributed by atoms with Crippen LogP contribution in [-0.2, 0) is 16.5 Å². The first-order valence-electron chi connectivity index (χ1n) is 15.3. The van der Waals surface area contributed by atoms with Crippen LogP contribution in [0.2, 0.25) is 6.04 Å². The van der Waals surface area contributed by atoms with E-state index in [1.165, 1.54) is 154 Å². The summed E-state index contributed by atoms with van der Waals surface area (Å²) in [6.07, 6.45) is 34.6. The highest BCUT2D eigenvalue weighted by Crippen LogP contribution is 2.16. The van der Waals surface area contributed by atoms with Gasteiger partial charge in [-0.2, -0.15) is 0 Å². The average molecular weight is 549 g/mol. The van der Waals surface area contributed by atoms with Gasteiger partial charge in [0.05, 0.1) is 0 Å². The lowest BCUT2D eigenvalue weighted by molar-refractivity contribution is 0.327. The number of rotatable bonds is 25. The number of unbranched alkanes of at least 4 members (excludes halogenated alkanes) is 23. The Morgan fingerprint density at radius 3 is 1.00 bits per heavy atom. The summed E-state index contributed by atoms with van der Waals surface area (Å²) in [5, 5.41) is 0. The Morgan fingerprint density at radius 1 is 0.382 bits per heavy atom. The summed E-state index contributed by atoms with van der Waals surface area (Å²) in [5.41, 5.74) is 0. The third-order valence-corrected chi connectivity index (χ3v) is 14.7. The second-order valence-corrected chi connectivity index (χ2v) is 18.5. The largest absolute Gasteiger partial charge is 0.425 e. The van der Waals surface area contributed by atoms with Crippen molar-refractivity contribution in [3.8, 4) is 0 Å². The van der Waals surface area contributed by atoms with E-state index in [2.05, 4.69) is 6.92 Å². The fraction of sp³-hybridized carbons (Fsp3) is 1.00. The standard InChI is InChI=1S/C26H60O4Si4/c1-2-3-4-5-6-7-8-9-10-11-12-13-14-15-16-17-18-19-20-21-22-23-24-25-26-34-29-32-27-31-28-33-30-34/h34H,2-26,31-33H2,1H3. The number of hydrogen-bond acceptors (Lipinski definition) is 4. The molecule has 0 N–H and O–H groups in total. The molecule has 4 nitrogen and oxygen atoms in total. The quantitative estimate of drug-likeness (QED) is 0.0943. The molecule has 1 heterocycles. The first-order valence-corrected chi connectivity index (χ1v) is 20.5. The Morgan fingerprint density at radius 2 is 0.676 bits per heavy atom. The highest BCUT2D eigenvalue weighted by molar-refractivity contribution is 6.59. The van der Waals surface area contributed by atoms with E-state index in [0.717, 1.165) is 6.04 Å². The molecule has 0 unspecified atom stereocenters. The summed E-state index contributed by atoms with van der Waals surface area (Å²) >= 11 is 0. The molecule has 1 aliphatic rings. The Hall–Kier alpha value is 0.708. The molecular weight excluding hydrogens is 489 g/mol. The monoisotopic (exact) mass is 548 g/mol. The van der Waals surface area contributed by atoms with Crippen LogP contribution in [0.15, 0.2) is 0 Å². The molecule has 0 radical (unpaired) electrons. The fourth-order valence-electron chi connectivity index (χ4n) is 4.86. The average Bonchev–Trinajstić information content (AvgIpc) is 2.83. The second-order valence-electron chi connectivity index (χ2n) is 10.4. The van der Waals surface area contributed by atoms with E-state index in [1.54, 1.807) is 0 Å². The molecule has 1 aliphatic heterocycles. The van der Waals surface area contributed by atoms with E-state index >= 15 is 0 Å². The van der Waals surface area contributed by atoms with Crippen LogP contribution in [-0.4, -0.2) is 39.3 Å². The molecule has 1 fully saturated rings. The maximum Gasteiger partial charge on any atom is 0.303 e. The normalized spacial score (nSPS) is 19.1. The van der Waals surface area contributed by atoms with Gasteiger partial charge in [0.15, 0.2) is 0 Å². The lowest BCUT2D eigenvalue weighted by Crippen LogP contribution is -2.33. The van der Waals surface area contributed by atoms with Crippen LogP contribution in [0.3, 0.4) is 0 Å². The predicted molar refractivity (Wildman–Crippen MR) is 158 cm³/mol. The van der Waals surface area contributed by atoms with Gasteiger partial charge in [0, 0.05) is 0 Å². The molecule has 1 saturated heterocycles. The first-order chi connectivity index (χ1) is 16.9. The molecule has 0 atom stereocenters. The second kappa shape index (κ2) is 28.3. The van der Waals surface area contributed by atoms with Crippen LogP contribution in [0, 0.1) is 0 Å². The zero-order chi connectivity index (χ0) is 24.2. The van der Waals surface area contributed by atoms with Crippen molar-refractivity contribution in [3.63, 3.8) is 0 Å². The predicted octanol–water partition coefficient (Wildman–Crippen LogP) is 6.67. The topological polar surface area (TPSA) is 36.9 Å². The van der Waals surface area contributed by atoms with Crippen molar-refractivity contribution < 1.29 is 16.5 Å². The van der Waals surface area contributed by atoms with E-state index < -0.39 is 39.3 Å². The van der Waals surface area contributed by atoms with Gasteiger partial charge in [-0.05, 0) is 6.04 Å². The van der Waals surface area contributed by atoms with Crippen molar-refractivity contribution in [1.29, 1.82) is 0 Å². The van der Waals surface area contributed by atoms with Gasteiger partial charge in [0.1, 0.15) is 0 Å². The van der Waals surface area contributed by atoms with E-state index in [4.69, 9.17) is 16.5 Å². The van der Waals surface area contributed by atoms with Crippen LogP contribution >= 0.6 is 0 Å². The zero-order valence-corrected chi connectivity index (χ0v) is 28.4. The molecule has 0 aliphatic carbocycles. The molecular formula is C26H60O4Si4. The summed E-state index contributed by atoms with van der Waals surface area (Å²) in [6.45, 7) is 2.30. The summed E-state index contributed by atoms with van der Waals surface area (Å²) in [7, 11) is -3.68. The lowest BCUT2D eigenvalue weighted by atomic mass is 10.0. The van der Waals surface area contributed by atoms with Crippen molar-refractivity contribution in [3.05, 3.63) is 0 Å². The van der Waals surface area contributed by atoms with Gasteiger partial charge in [-0.15, -0.1) is 0 Å². The fourth-order valence-corrected chi connectivity index (χ4v) is 13.9. The van der Waals surface area contributed by atoms with Gasteiger partial charge in [0.2, 0.25) is 0 Å². The van der Waals surface area contributed by atoms with Crippen molar-refractivity contribution in [2.24, 2.45) is 0 Å². The highest BCUT2D eigenvalue weighted by atomic mass is 28.4. The zero-order valence-electron chi connectivity index (χ0n) is 23.0.